The molecular formula is C13H13NS. The molecule has 1 nitrogen and oxygen atoms in total. The summed E-state index contributed by atoms with van der Waals surface area (Å²) in [4.78, 5) is 4.72. The standard InChI is InChI=1S/C13H13NS/c1-2-5-10(6-3-1)12-9-15-13(14-12)11-7-4-8-11/h1-3,5-6,9,11H,4,7-8H2. The van der Waals surface area contributed by atoms with Crippen molar-refractivity contribution in [2.45, 2.75) is 25.2 Å². The van der Waals surface area contributed by atoms with Crippen LogP contribution in [0, 0.1) is 0 Å². The van der Waals surface area contributed by atoms with E-state index >= 15 is 0 Å². The fourth-order valence-corrected chi connectivity index (χ4v) is 2.87. The summed E-state index contributed by atoms with van der Waals surface area (Å²) in [6.45, 7) is 0. The van der Waals surface area contributed by atoms with Gasteiger partial charge in [-0.3, -0.25) is 0 Å². The van der Waals surface area contributed by atoms with Crippen LogP contribution in [0.4, 0.5) is 0 Å². The van der Waals surface area contributed by atoms with E-state index in [-0.39, 0.29) is 0 Å². The molecule has 0 atom stereocenters. The quantitative estimate of drug-likeness (QED) is 0.735. The maximum Gasteiger partial charge on any atom is 0.0963 e. The monoisotopic (exact) mass is 215 g/mol. The van der Waals surface area contributed by atoms with Crippen LogP contribution in [0.15, 0.2) is 35.7 Å². The van der Waals surface area contributed by atoms with Gasteiger partial charge in [0.25, 0.3) is 0 Å². The SMILES string of the molecule is c1ccc(-c2csc(C3CCC3)n2)cc1. The van der Waals surface area contributed by atoms with E-state index in [2.05, 4.69) is 29.6 Å². The van der Waals surface area contributed by atoms with Crippen LogP contribution < -0.4 is 0 Å². The Bertz CT molecular complexity index is 443. The summed E-state index contributed by atoms with van der Waals surface area (Å²) >= 11 is 1.82. The number of rotatable bonds is 2. The fraction of sp³-hybridized carbons (Fsp3) is 0.308. The van der Waals surface area contributed by atoms with Crippen LogP contribution in [0.3, 0.4) is 0 Å². The molecule has 0 spiro atoms. The molecule has 1 aromatic heterocycles. The Morgan fingerprint density at radius 1 is 1.13 bits per heavy atom. The van der Waals surface area contributed by atoms with Crippen molar-refractivity contribution in [3.8, 4) is 11.3 Å². The average molecular weight is 215 g/mol. The molecule has 0 saturated heterocycles. The van der Waals surface area contributed by atoms with Crippen molar-refractivity contribution in [3.63, 3.8) is 0 Å². The van der Waals surface area contributed by atoms with Crippen LogP contribution in [0.25, 0.3) is 11.3 Å². The molecule has 76 valence electrons. The van der Waals surface area contributed by atoms with Gasteiger partial charge in [-0.05, 0) is 12.8 Å². The molecule has 0 bridgehead atoms. The zero-order valence-corrected chi connectivity index (χ0v) is 9.33. The molecule has 2 aromatic rings. The number of benzene rings is 1. The van der Waals surface area contributed by atoms with E-state index in [0.717, 1.165) is 11.6 Å². The lowest BCUT2D eigenvalue weighted by Gasteiger charge is -2.22. The second-order valence-corrected chi connectivity index (χ2v) is 4.95. The van der Waals surface area contributed by atoms with Gasteiger partial charge in [0.2, 0.25) is 0 Å². The number of hydrogen-bond donors (Lipinski definition) is 0. The molecule has 0 radical (unpaired) electrons. The van der Waals surface area contributed by atoms with E-state index in [1.165, 1.54) is 29.8 Å². The Hall–Kier alpha value is -1.15. The minimum absolute atomic E-state index is 0.757. The molecule has 1 aliphatic rings. The van der Waals surface area contributed by atoms with Gasteiger partial charge >= 0.3 is 0 Å². The molecular weight excluding hydrogens is 202 g/mol. The van der Waals surface area contributed by atoms with E-state index in [1.54, 1.807) is 0 Å². The van der Waals surface area contributed by atoms with Gasteiger partial charge in [0.05, 0.1) is 10.7 Å². The van der Waals surface area contributed by atoms with Crippen LogP contribution in [0.1, 0.15) is 30.2 Å². The van der Waals surface area contributed by atoms with Gasteiger partial charge < -0.3 is 0 Å². The first-order valence-corrected chi connectivity index (χ1v) is 6.32. The largest absolute Gasteiger partial charge is 0.241 e. The maximum absolute atomic E-state index is 4.72. The second kappa shape index (κ2) is 3.78. The van der Waals surface area contributed by atoms with Crippen molar-refractivity contribution >= 4 is 11.3 Å². The van der Waals surface area contributed by atoms with E-state index < -0.39 is 0 Å². The predicted molar refractivity (Wildman–Crippen MR) is 64.1 cm³/mol. The molecule has 1 aromatic carbocycles. The summed E-state index contributed by atoms with van der Waals surface area (Å²) in [7, 11) is 0. The second-order valence-electron chi connectivity index (χ2n) is 4.06. The summed E-state index contributed by atoms with van der Waals surface area (Å²) in [5, 5.41) is 3.52. The zero-order chi connectivity index (χ0) is 10.1. The number of aromatic nitrogens is 1. The van der Waals surface area contributed by atoms with Gasteiger partial charge in [-0.25, -0.2) is 4.98 Å². The van der Waals surface area contributed by atoms with E-state index in [0.29, 0.717) is 0 Å². The third-order valence-electron chi connectivity index (χ3n) is 3.05. The highest BCUT2D eigenvalue weighted by molar-refractivity contribution is 7.10. The molecule has 2 heteroatoms. The third kappa shape index (κ3) is 1.70. The molecule has 0 amide bonds. The van der Waals surface area contributed by atoms with Crippen molar-refractivity contribution in [1.82, 2.24) is 4.98 Å². The number of hydrogen-bond acceptors (Lipinski definition) is 2. The first kappa shape index (κ1) is 9.10. The van der Waals surface area contributed by atoms with Gasteiger partial charge in [-0.2, -0.15) is 0 Å². The molecule has 1 aliphatic carbocycles. The van der Waals surface area contributed by atoms with Gasteiger partial charge in [-0.15, -0.1) is 11.3 Å². The van der Waals surface area contributed by atoms with Gasteiger partial charge in [0.15, 0.2) is 0 Å². The van der Waals surface area contributed by atoms with Gasteiger partial charge in [-0.1, -0.05) is 36.8 Å². The highest BCUT2D eigenvalue weighted by atomic mass is 32.1. The molecule has 0 aliphatic heterocycles. The Labute approximate surface area is 93.8 Å². The molecule has 1 heterocycles. The van der Waals surface area contributed by atoms with Gasteiger partial charge in [0, 0.05) is 16.9 Å². The Balaban J connectivity index is 1.90. The lowest BCUT2D eigenvalue weighted by Crippen LogP contribution is -2.07. The Morgan fingerprint density at radius 2 is 1.93 bits per heavy atom. The zero-order valence-electron chi connectivity index (χ0n) is 8.52. The first-order valence-electron chi connectivity index (χ1n) is 5.44. The summed E-state index contributed by atoms with van der Waals surface area (Å²) in [5.74, 6) is 0.757. The molecule has 15 heavy (non-hydrogen) atoms. The number of thiazole rings is 1. The van der Waals surface area contributed by atoms with Crippen molar-refractivity contribution in [1.29, 1.82) is 0 Å². The number of nitrogens with zero attached hydrogens (tertiary/aromatic N) is 1. The summed E-state index contributed by atoms with van der Waals surface area (Å²) in [6.07, 6.45) is 4.05. The van der Waals surface area contributed by atoms with Crippen molar-refractivity contribution in [3.05, 3.63) is 40.7 Å². The molecule has 0 N–H and O–H groups in total. The molecule has 3 rings (SSSR count). The topological polar surface area (TPSA) is 12.9 Å². The molecule has 0 unspecified atom stereocenters. The Kier molecular flexibility index (Phi) is 2.29. The van der Waals surface area contributed by atoms with Crippen LogP contribution in [-0.2, 0) is 0 Å². The fourth-order valence-electron chi connectivity index (χ4n) is 1.87. The van der Waals surface area contributed by atoms with Crippen molar-refractivity contribution in [2.75, 3.05) is 0 Å². The lowest BCUT2D eigenvalue weighted by molar-refractivity contribution is 0.418. The molecule has 1 saturated carbocycles. The normalized spacial score (nSPS) is 16.3. The van der Waals surface area contributed by atoms with Crippen LogP contribution in [0.5, 0.6) is 0 Å². The highest BCUT2D eigenvalue weighted by Gasteiger charge is 2.22. The van der Waals surface area contributed by atoms with Crippen molar-refractivity contribution in [2.24, 2.45) is 0 Å². The maximum atomic E-state index is 4.72. The minimum atomic E-state index is 0.757. The van der Waals surface area contributed by atoms with Gasteiger partial charge in [0.1, 0.15) is 0 Å². The first-order chi connectivity index (χ1) is 7.43. The predicted octanol–water partition coefficient (Wildman–Crippen LogP) is 4.08. The lowest BCUT2D eigenvalue weighted by atomic mass is 9.86. The molecule has 1 fully saturated rings. The van der Waals surface area contributed by atoms with E-state index in [9.17, 15) is 0 Å². The minimum Gasteiger partial charge on any atom is -0.241 e. The van der Waals surface area contributed by atoms with Crippen LogP contribution >= 0.6 is 11.3 Å². The highest BCUT2D eigenvalue weighted by Crippen LogP contribution is 2.38. The average Bonchev–Trinajstić information content (AvgIpc) is 2.66. The summed E-state index contributed by atoms with van der Waals surface area (Å²) in [5.41, 5.74) is 2.38. The third-order valence-corrected chi connectivity index (χ3v) is 4.05. The van der Waals surface area contributed by atoms with E-state index in [4.69, 9.17) is 4.98 Å². The van der Waals surface area contributed by atoms with Crippen LogP contribution in [0.2, 0.25) is 0 Å². The summed E-state index contributed by atoms with van der Waals surface area (Å²) < 4.78 is 0. The van der Waals surface area contributed by atoms with E-state index in [1.807, 2.05) is 17.4 Å². The Morgan fingerprint density at radius 3 is 2.60 bits per heavy atom. The van der Waals surface area contributed by atoms with Crippen LogP contribution in [-0.4, -0.2) is 4.98 Å². The smallest absolute Gasteiger partial charge is 0.0963 e. The summed E-state index contributed by atoms with van der Waals surface area (Å²) in [6, 6.07) is 10.4. The van der Waals surface area contributed by atoms with Crippen molar-refractivity contribution < 1.29 is 0 Å².